The van der Waals surface area contributed by atoms with Crippen LogP contribution in [-0.2, 0) is 0 Å². The molecule has 2 heterocycles. The monoisotopic (exact) mass is 361 g/mol. The second-order valence-electron chi connectivity index (χ2n) is 6.81. The number of aliphatic hydroxyl groups excluding tert-OH is 1. The van der Waals surface area contributed by atoms with Gasteiger partial charge in [0.05, 0.1) is 17.4 Å². The van der Waals surface area contributed by atoms with Gasteiger partial charge in [0, 0.05) is 24.1 Å². The van der Waals surface area contributed by atoms with Crippen LogP contribution in [0.5, 0.6) is 0 Å². The highest BCUT2D eigenvalue weighted by atomic mass is 16.3. The molecular weight excluding hydrogens is 338 g/mol. The molecule has 0 bridgehead atoms. The Kier molecular flexibility index (Phi) is 5.25. The van der Waals surface area contributed by atoms with Gasteiger partial charge in [-0.05, 0) is 49.9 Å². The molecule has 27 heavy (non-hydrogen) atoms. The molecule has 4 rings (SSSR count). The number of nitrogens with zero attached hydrogens (tertiary/aromatic N) is 3. The fraction of sp³-hybridized carbons (Fsp3) is 0.286. The van der Waals surface area contributed by atoms with Gasteiger partial charge in [0.1, 0.15) is 5.82 Å². The van der Waals surface area contributed by atoms with E-state index in [1.807, 2.05) is 48.5 Å². The van der Waals surface area contributed by atoms with E-state index in [-0.39, 0.29) is 12.1 Å². The standard InChI is InChI=1S/C21H23N5O/c27-17-11-9-16(10-12-17)24-20-18(19-8-4-5-13-22-19)14-23-21(26-20)25-15-6-2-1-3-7-15/h1-8,13-14,16-17,27H,9-12H2,(H2,23,24,25,26)/t16-,17-. The molecule has 1 aliphatic carbocycles. The van der Waals surface area contributed by atoms with Crippen molar-refractivity contribution in [2.45, 2.75) is 37.8 Å². The van der Waals surface area contributed by atoms with Crippen molar-refractivity contribution >= 4 is 17.5 Å². The van der Waals surface area contributed by atoms with Gasteiger partial charge in [0.15, 0.2) is 0 Å². The first kappa shape index (κ1) is 17.4. The Morgan fingerprint density at radius 1 is 0.889 bits per heavy atom. The van der Waals surface area contributed by atoms with Gasteiger partial charge in [0.25, 0.3) is 0 Å². The Morgan fingerprint density at radius 2 is 1.67 bits per heavy atom. The van der Waals surface area contributed by atoms with Gasteiger partial charge in [-0.1, -0.05) is 24.3 Å². The lowest BCUT2D eigenvalue weighted by atomic mass is 9.93. The third kappa shape index (κ3) is 4.41. The Bertz CT molecular complexity index is 864. The van der Waals surface area contributed by atoms with Gasteiger partial charge in [-0.15, -0.1) is 0 Å². The Morgan fingerprint density at radius 3 is 2.41 bits per heavy atom. The van der Waals surface area contributed by atoms with E-state index in [1.54, 1.807) is 12.4 Å². The average Bonchev–Trinajstić information content (AvgIpc) is 2.71. The van der Waals surface area contributed by atoms with Crippen LogP contribution in [0, 0.1) is 0 Å². The predicted molar refractivity (Wildman–Crippen MR) is 107 cm³/mol. The van der Waals surface area contributed by atoms with Crippen molar-refractivity contribution in [3.8, 4) is 11.3 Å². The van der Waals surface area contributed by atoms with Crippen molar-refractivity contribution in [1.82, 2.24) is 15.0 Å². The molecule has 1 aromatic carbocycles. The van der Waals surface area contributed by atoms with Gasteiger partial charge in [0.2, 0.25) is 5.95 Å². The van der Waals surface area contributed by atoms with E-state index in [9.17, 15) is 5.11 Å². The summed E-state index contributed by atoms with van der Waals surface area (Å²) in [5.41, 5.74) is 2.65. The molecule has 138 valence electrons. The van der Waals surface area contributed by atoms with E-state index < -0.39 is 0 Å². The van der Waals surface area contributed by atoms with Crippen LogP contribution in [0.2, 0.25) is 0 Å². The molecule has 0 unspecified atom stereocenters. The minimum absolute atomic E-state index is 0.181. The van der Waals surface area contributed by atoms with Crippen molar-refractivity contribution in [3.63, 3.8) is 0 Å². The number of pyridine rings is 1. The zero-order chi connectivity index (χ0) is 18.5. The van der Waals surface area contributed by atoms with Crippen LogP contribution in [-0.4, -0.2) is 32.2 Å². The van der Waals surface area contributed by atoms with Crippen LogP contribution in [0.25, 0.3) is 11.3 Å². The number of hydrogen-bond acceptors (Lipinski definition) is 6. The van der Waals surface area contributed by atoms with Crippen LogP contribution in [0.3, 0.4) is 0 Å². The molecule has 6 heteroatoms. The van der Waals surface area contributed by atoms with E-state index in [0.717, 1.165) is 48.4 Å². The van der Waals surface area contributed by atoms with Crippen molar-refractivity contribution in [2.75, 3.05) is 10.6 Å². The topological polar surface area (TPSA) is 83.0 Å². The Labute approximate surface area is 158 Å². The molecule has 6 nitrogen and oxygen atoms in total. The largest absolute Gasteiger partial charge is 0.393 e. The molecule has 1 aliphatic rings. The second kappa shape index (κ2) is 8.14. The van der Waals surface area contributed by atoms with Crippen LogP contribution < -0.4 is 10.6 Å². The summed E-state index contributed by atoms with van der Waals surface area (Å²) in [7, 11) is 0. The number of benzene rings is 1. The summed E-state index contributed by atoms with van der Waals surface area (Å²) >= 11 is 0. The summed E-state index contributed by atoms with van der Waals surface area (Å²) in [6.07, 6.45) is 6.88. The number of hydrogen-bond donors (Lipinski definition) is 3. The first-order valence-corrected chi connectivity index (χ1v) is 9.33. The fourth-order valence-corrected chi connectivity index (χ4v) is 3.33. The number of aromatic nitrogens is 3. The van der Waals surface area contributed by atoms with Gasteiger partial charge in [-0.2, -0.15) is 4.98 Å². The Hall–Kier alpha value is -2.99. The second-order valence-corrected chi connectivity index (χ2v) is 6.81. The highest BCUT2D eigenvalue weighted by Gasteiger charge is 2.21. The lowest BCUT2D eigenvalue weighted by Crippen LogP contribution is -2.29. The predicted octanol–water partition coefficient (Wildman–Crippen LogP) is 4.00. The van der Waals surface area contributed by atoms with Gasteiger partial charge < -0.3 is 15.7 Å². The van der Waals surface area contributed by atoms with E-state index in [1.165, 1.54) is 0 Å². The molecule has 3 N–H and O–H groups in total. The summed E-state index contributed by atoms with van der Waals surface area (Å²) in [6, 6.07) is 16.0. The summed E-state index contributed by atoms with van der Waals surface area (Å²) in [5.74, 6) is 1.31. The zero-order valence-corrected chi connectivity index (χ0v) is 15.0. The number of nitrogens with one attached hydrogen (secondary N) is 2. The minimum atomic E-state index is -0.181. The molecule has 0 aliphatic heterocycles. The summed E-state index contributed by atoms with van der Waals surface area (Å²) in [4.78, 5) is 13.6. The molecule has 0 saturated heterocycles. The van der Waals surface area contributed by atoms with Gasteiger partial charge in [-0.25, -0.2) is 4.98 Å². The number of para-hydroxylation sites is 1. The summed E-state index contributed by atoms with van der Waals surface area (Å²) in [6.45, 7) is 0. The average molecular weight is 361 g/mol. The van der Waals surface area contributed by atoms with Crippen LogP contribution >= 0.6 is 0 Å². The minimum Gasteiger partial charge on any atom is -0.393 e. The van der Waals surface area contributed by atoms with Gasteiger partial charge in [-0.3, -0.25) is 4.98 Å². The first-order valence-electron chi connectivity index (χ1n) is 9.33. The Balaban J connectivity index is 1.62. The SMILES string of the molecule is O[C@H]1CC[C@H](Nc2nc(Nc3ccccc3)ncc2-c2ccccn2)CC1. The highest BCUT2D eigenvalue weighted by molar-refractivity contribution is 5.73. The maximum atomic E-state index is 9.76. The van der Waals surface area contributed by atoms with Crippen LogP contribution in [0.1, 0.15) is 25.7 Å². The molecular formula is C21H23N5O. The van der Waals surface area contributed by atoms with E-state index in [2.05, 4.69) is 20.6 Å². The third-order valence-electron chi connectivity index (χ3n) is 4.80. The zero-order valence-electron chi connectivity index (χ0n) is 15.0. The quantitative estimate of drug-likeness (QED) is 0.637. The molecule has 3 aromatic rings. The smallest absolute Gasteiger partial charge is 0.229 e. The third-order valence-corrected chi connectivity index (χ3v) is 4.80. The number of aliphatic hydroxyl groups is 1. The van der Waals surface area contributed by atoms with Crippen LogP contribution in [0.4, 0.5) is 17.5 Å². The number of rotatable bonds is 5. The molecule has 1 saturated carbocycles. The van der Waals surface area contributed by atoms with Gasteiger partial charge >= 0.3 is 0 Å². The molecule has 0 spiro atoms. The summed E-state index contributed by atoms with van der Waals surface area (Å²) in [5, 5.41) is 16.6. The fourth-order valence-electron chi connectivity index (χ4n) is 3.33. The molecule has 0 radical (unpaired) electrons. The molecule has 2 aromatic heterocycles. The normalized spacial score (nSPS) is 19.4. The summed E-state index contributed by atoms with van der Waals surface area (Å²) < 4.78 is 0. The maximum Gasteiger partial charge on any atom is 0.229 e. The van der Waals surface area contributed by atoms with Crippen molar-refractivity contribution in [3.05, 3.63) is 60.9 Å². The highest BCUT2D eigenvalue weighted by Crippen LogP contribution is 2.29. The number of anilines is 3. The van der Waals surface area contributed by atoms with E-state index in [4.69, 9.17) is 4.98 Å². The lowest BCUT2D eigenvalue weighted by Gasteiger charge is -2.27. The van der Waals surface area contributed by atoms with Crippen molar-refractivity contribution in [2.24, 2.45) is 0 Å². The molecule has 0 atom stereocenters. The van der Waals surface area contributed by atoms with E-state index in [0.29, 0.717) is 5.95 Å². The lowest BCUT2D eigenvalue weighted by molar-refractivity contribution is 0.126. The van der Waals surface area contributed by atoms with Crippen LogP contribution in [0.15, 0.2) is 60.9 Å². The molecule has 1 fully saturated rings. The molecule has 0 amide bonds. The van der Waals surface area contributed by atoms with E-state index >= 15 is 0 Å². The first-order chi connectivity index (χ1) is 13.3. The van der Waals surface area contributed by atoms with Crippen molar-refractivity contribution < 1.29 is 5.11 Å². The van der Waals surface area contributed by atoms with Crippen molar-refractivity contribution in [1.29, 1.82) is 0 Å². The maximum absolute atomic E-state index is 9.76.